The van der Waals surface area contributed by atoms with Crippen LogP contribution in [0, 0.1) is 5.82 Å². The Balaban J connectivity index is 2.20. The van der Waals surface area contributed by atoms with Crippen molar-refractivity contribution in [2.75, 3.05) is 11.8 Å². The Labute approximate surface area is 136 Å². The Morgan fingerprint density at radius 3 is 2.35 bits per heavy atom. The summed E-state index contributed by atoms with van der Waals surface area (Å²) < 4.78 is 45.2. The highest BCUT2D eigenvalue weighted by molar-refractivity contribution is 7.91. The van der Waals surface area contributed by atoms with E-state index >= 15 is 0 Å². The third kappa shape index (κ3) is 4.69. The highest BCUT2D eigenvalue weighted by atomic mass is 32.2. The first-order valence-corrected chi connectivity index (χ1v) is 8.89. The molecule has 0 fully saturated rings. The Bertz CT molecular complexity index is 771. The van der Waals surface area contributed by atoms with Gasteiger partial charge in [0.15, 0.2) is 0 Å². The predicted molar refractivity (Wildman–Crippen MR) is 89.7 cm³/mol. The summed E-state index contributed by atoms with van der Waals surface area (Å²) in [5.74, 6) is 0.319. The summed E-state index contributed by atoms with van der Waals surface area (Å²) in [6, 6.07) is 10.6. The van der Waals surface area contributed by atoms with Crippen LogP contribution in [-0.2, 0) is 15.8 Å². The Morgan fingerprint density at radius 1 is 1.13 bits per heavy atom. The van der Waals surface area contributed by atoms with Gasteiger partial charge in [-0.15, -0.1) is 0 Å². The largest absolute Gasteiger partial charge is 0.496 e. The first kappa shape index (κ1) is 17.3. The molecular weight excluding hydrogens is 317 g/mol. The van der Waals surface area contributed by atoms with Crippen molar-refractivity contribution in [3.8, 4) is 5.75 Å². The zero-order chi connectivity index (χ0) is 17.0. The Hall–Kier alpha value is -2.08. The van der Waals surface area contributed by atoms with Crippen LogP contribution in [0.2, 0.25) is 0 Å². The first-order valence-electron chi connectivity index (χ1n) is 7.23. The smallest absolute Gasteiger partial charge is 0.236 e. The number of methoxy groups -OCH3 is 1. The molecule has 0 saturated heterocycles. The van der Waals surface area contributed by atoms with Crippen LogP contribution in [0.3, 0.4) is 0 Å². The minimum atomic E-state index is -3.58. The van der Waals surface area contributed by atoms with Gasteiger partial charge in [0.2, 0.25) is 10.0 Å². The fourth-order valence-electron chi connectivity index (χ4n) is 2.26. The molecule has 0 radical (unpaired) electrons. The summed E-state index contributed by atoms with van der Waals surface area (Å²) in [6.45, 7) is 4.02. The lowest BCUT2D eigenvalue weighted by Gasteiger charge is -2.15. The van der Waals surface area contributed by atoms with E-state index in [1.165, 1.54) is 24.3 Å². The van der Waals surface area contributed by atoms with Crippen LogP contribution in [0.15, 0.2) is 42.5 Å². The molecule has 6 heteroatoms. The van der Waals surface area contributed by atoms with E-state index in [-0.39, 0.29) is 11.7 Å². The maximum absolute atomic E-state index is 12.9. The van der Waals surface area contributed by atoms with E-state index in [9.17, 15) is 12.8 Å². The van der Waals surface area contributed by atoms with Gasteiger partial charge in [-0.25, -0.2) is 12.8 Å². The van der Waals surface area contributed by atoms with E-state index in [0.29, 0.717) is 11.3 Å². The SMILES string of the molecule is COc1ccc(NS(=O)(=O)Cc2ccc(F)cc2)cc1C(C)C. The molecule has 1 N–H and O–H groups in total. The molecule has 2 aromatic rings. The standard InChI is InChI=1S/C17H20FNO3S/c1-12(2)16-10-15(8-9-17(16)22-3)19-23(20,21)11-13-4-6-14(18)7-5-13/h4-10,12,19H,11H2,1-3H3. The monoisotopic (exact) mass is 337 g/mol. The summed E-state index contributed by atoms with van der Waals surface area (Å²) in [5, 5.41) is 0. The molecule has 0 spiro atoms. The number of nitrogens with one attached hydrogen (secondary N) is 1. The van der Waals surface area contributed by atoms with E-state index in [0.717, 1.165) is 11.3 Å². The van der Waals surface area contributed by atoms with Crippen LogP contribution in [0.25, 0.3) is 0 Å². The second-order valence-electron chi connectivity index (χ2n) is 5.60. The fourth-order valence-corrected chi connectivity index (χ4v) is 3.45. The van der Waals surface area contributed by atoms with Crippen molar-refractivity contribution in [3.05, 3.63) is 59.4 Å². The topological polar surface area (TPSA) is 55.4 Å². The van der Waals surface area contributed by atoms with E-state index < -0.39 is 15.8 Å². The normalized spacial score (nSPS) is 11.5. The molecule has 0 atom stereocenters. The molecule has 0 heterocycles. The van der Waals surface area contributed by atoms with Gasteiger partial charge in [-0.05, 0) is 47.4 Å². The lowest BCUT2D eigenvalue weighted by Crippen LogP contribution is -2.15. The molecule has 0 amide bonds. The van der Waals surface area contributed by atoms with Gasteiger partial charge in [-0.1, -0.05) is 26.0 Å². The molecule has 23 heavy (non-hydrogen) atoms. The zero-order valence-corrected chi connectivity index (χ0v) is 14.2. The summed E-state index contributed by atoms with van der Waals surface area (Å²) in [5.41, 5.74) is 1.93. The second kappa shape index (κ2) is 7.00. The number of benzene rings is 2. The van der Waals surface area contributed by atoms with E-state index in [1.54, 1.807) is 25.3 Å². The predicted octanol–water partition coefficient (Wildman–Crippen LogP) is 3.90. The van der Waals surface area contributed by atoms with Crippen LogP contribution >= 0.6 is 0 Å². The maximum atomic E-state index is 12.9. The van der Waals surface area contributed by atoms with Crippen molar-refractivity contribution < 1.29 is 17.5 Å². The van der Waals surface area contributed by atoms with E-state index in [4.69, 9.17) is 4.74 Å². The van der Waals surface area contributed by atoms with E-state index in [2.05, 4.69) is 4.72 Å². The van der Waals surface area contributed by atoms with Crippen molar-refractivity contribution in [2.24, 2.45) is 0 Å². The Kier molecular flexibility index (Phi) is 5.26. The van der Waals surface area contributed by atoms with Crippen LogP contribution in [-0.4, -0.2) is 15.5 Å². The van der Waals surface area contributed by atoms with Gasteiger partial charge in [0, 0.05) is 5.69 Å². The summed E-state index contributed by atoms with van der Waals surface area (Å²) in [6.07, 6.45) is 0. The van der Waals surface area contributed by atoms with Gasteiger partial charge in [-0.2, -0.15) is 0 Å². The van der Waals surface area contributed by atoms with Crippen LogP contribution in [0.5, 0.6) is 5.75 Å². The van der Waals surface area contributed by atoms with Crippen molar-refractivity contribution in [3.63, 3.8) is 0 Å². The molecule has 0 saturated carbocycles. The van der Waals surface area contributed by atoms with Gasteiger partial charge < -0.3 is 4.74 Å². The van der Waals surface area contributed by atoms with Gasteiger partial charge >= 0.3 is 0 Å². The minimum Gasteiger partial charge on any atom is -0.496 e. The zero-order valence-electron chi connectivity index (χ0n) is 13.3. The summed E-state index contributed by atoms with van der Waals surface area (Å²) in [7, 11) is -1.99. The Morgan fingerprint density at radius 2 is 1.78 bits per heavy atom. The maximum Gasteiger partial charge on any atom is 0.236 e. The van der Waals surface area contributed by atoms with Gasteiger partial charge in [0.25, 0.3) is 0 Å². The molecule has 4 nitrogen and oxygen atoms in total. The van der Waals surface area contributed by atoms with Crippen molar-refractivity contribution >= 4 is 15.7 Å². The van der Waals surface area contributed by atoms with Gasteiger partial charge in [0.05, 0.1) is 12.9 Å². The molecule has 2 aromatic carbocycles. The highest BCUT2D eigenvalue weighted by Crippen LogP contribution is 2.29. The number of rotatable bonds is 6. The summed E-state index contributed by atoms with van der Waals surface area (Å²) in [4.78, 5) is 0. The van der Waals surface area contributed by atoms with Crippen molar-refractivity contribution in [1.29, 1.82) is 0 Å². The molecule has 0 aliphatic rings. The molecule has 2 rings (SSSR count). The summed E-state index contributed by atoms with van der Waals surface area (Å²) >= 11 is 0. The molecule has 0 aliphatic heterocycles. The minimum absolute atomic E-state index is 0.200. The van der Waals surface area contributed by atoms with Gasteiger partial charge in [-0.3, -0.25) is 4.72 Å². The number of hydrogen-bond donors (Lipinski definition) is 1. The number of anilines is 1. The first-order chi connectivity index (χ1) is 10.8. The van der Waals surface area contributed by atoms with Gasteiger partial charge in [0.1, 0.15) is 11.6 Å². The number of ether oxygens (including phenoxy) is 1. The third-order valence-electron chi connectivity index (χ3n) is 3.40. The number of halogens is 1. The molecular formula is C17H20FNO3S. The molecule has 0 unspecified atom stereocenters. The lowest BCUT2D eigenvalue weighted by molar-refractivity contribution is 0.407. The molecule has 0 bridgehead atoms. The molecule has 124 valence electrons. The van der Waals surface area contributed by atoms with E-state index in [1.807, 2.05) is 13.8 Å². The highest BCUT2D eigenvalue weighted by Gasteiger charge is 2.14. The average molecular weight is 337 g/mol. The quantitative estimate of drug-likeness (QED) is 0.870. The third-order valence-corrected chi connectivity index (χ3v) is 4.66. The molecule has 0 aliphatic carbocycles. The van der Waals surface area contributed by atoms with Crippen molar-refractivity contribution in [2.45, 2.75) is 25.5 Å². The second-order valence-corrected chi connectivity index (χ2v) is 7.32. The lowest BCUT2D eigenvalue weighted by atomic mass is 10.0. The molecule has 0 aromatic heterocycles. The average Bonchev–Trinajstić information content (AvgIpc) is 2.49. The van der Waals surface area contributed by atoms with Crippen LogP contribution < -0.4 is 9.46 Å². The van der Waals surface area contributed by atoms with Crippen LogP contribution in [0.4, 0.5) is 10.1 Å². The van der Waals surface area contributed by atoms with Crippen molar-refractivity contribution in [1.82, 2.24) is 0 Å². The fraction of sp³-hybridized carbons (Fsp3) is 0.294. The van der Waals surface area contributed by atoms with Crippen LogP contribution in [0.1, 0.15) is 30.9 Å². The number of sulfonamides is 1. The number of hydrogen-bond acceptors (Lipinski definition) is 3.